The highest BCUT2D eigenvalue weighted by molar-refractivity contribution is 6.18. The van der Waals surface area contributed by atoms with Gasteiger partial charge in [-0.2, -0.15) is 0 Å². The topological polar surface area (TPSA) is 37.3 Å². The van der Waals surface area contributed by atoms with Crippen molar-refractivity contribution in [3.05, 3.63) is 0 Å². The van der Waals surface area contributed by atoms with E-state index < -0.39 is 6.00 Å². The van der Waals surface area contributed by atoms with Gasteiger partial charge < -0.3 is 9.90 Å². The summed E-state index contributed by atoms with van der Waals surface area (Å²) in [4.78, 5) is 9.13. The highest BCUT2D eigenvalue weighted by Gasteiger charge is 1.81. The molecule has 0 bridgehead atoms. The Bertz CT molecular complexity index is 34.6. The molecule has 0 spiro atoms. The number of aliphatic hydroxyl groups excluding tert-OH is 1. The quantitative estimate of drug-likeness (QED) is 0.306. The Kier molecular flexibility index (Phi) is 1.85. The molecule has 0 rings (SSSR count). The Balaban J connectivity index is 2.83. The Labute approximate surface area is 31.2 Å². The summed E-state index contributed by atoms with van der Waals surface area (Å²) in [6, 6.07) is -1.30. The molecule has 0 aromatic heterocycles. The summed E-state index contributed by atoms with van der Waals surface area (Å²) in [5.41, 5.74) is 0. The van der Waals surface area contributed by atoms with Crippen LogP contribution < -0.4 is 0 Å². The molecule has 0 amide bonds. The first kappa shape index (κ1) is 4.69. The zero-order valence-corrected chi connectivity index (χ0v) is 2.59. The molecule has 0 aliphatic carbocycles. The first-order valence-electron chi connectivity index (χ1n) is 1.16. The number of carbonyl (C=O) groups is 1. The van der Waals surface area contributed by atoms with Crippen molar-refractivity contribution in [1.29, 1.82) is 0 Å². The number of rotatable bonds is 1. The van der Waals surface area contributed by atoms with Gasteiger partial charge in [-0.25, -0.2) is 0 Å². The van der Waals surface area contributed by atoms with E-state index in [0.29, 0.717) is 0 Å². The van der Waals surface area contributed by atoms with Crippen LogP contribution in [-0.2, 0) is 4.79 Å². The molecule has 0 aliphatic heterocycles. The van der Waals surface area contributed by atoms with Crippen molar-refractivity contribution in [2.75, 3.05) is 0 Å². The molecule has 1 atom stereocenters. The van der Waals surface area contributed by atoms with Crippen molar-refractivity contribution in [3.8, 4) is 0 Å². The van der Waals surface area contributed by atoms with Gasteiger partial charge in [-0.1, -0.05) is 0 Å². The van der Waals surface area contributed by atoms with E-state index in [4.69, 9.17) is 9.90 Å². The molecule has 1 unspecified atom stereocenters. The van der Waals surface area contributed by atoms with Gasteiger partial charge in [0.25, 0.3) is 0 Å². The van der Waals surface area contributed by atoms with E-state index in [1.807, 2.05) is 0 Å². The highest BCUT2D eigenvalue weighted by Crippen LogP contribution is 1.53. The molecule has 26 valence electrons. The molecule has 3 heteroatoms. The van der Waals surface area contributed by atoms with Crippen molar-refractivity contribution in [1.82, 2.24) is 0 Å². The van der Waals surface area contributed by atoms with Gasteiger partial charge in [0.2, 0.25) is 0 Å². The van der Waals surface area contributed by atoms with Crippen molar-refractivity contribution in [2.24, 2.45) is 0 Å². The summed E-state index contributed by atoms with van der Waals surface area (Å²) >= 11 is 0. The lowest BCUT2D eigenvalue weighted by Crippen LogP contribution is -2.04. The van der Waals surface area contributed by atoms with Crippen LogP contribution in [0.4, 0.5) is 0 Å². The number of aliphatic hydroxyl groups is 1. The molecule has 0 aliphatic rings. The van der Waals surface area contributed by atoms with Crippen LogP contribution in [0.2, 0.25) is 0 Å². The fourth-order valence-electron chi connectivity index (χ4n) is 0. The normalized spacial score (nSPS) is 13.8. The van der Waals surface area contributed by atoms with Gasteiger partial charge in [-0.05, 0) is 0 Å². The average Bonchev–Trinajstić information content (AvgIpc) is 1.38. The van der Waals surface area contributed by atoms with Crippen LogP contribution in [0.1, 0.15) is 0 Å². The van der Waals surface area contributed by atoms with Gasteiger partial charge in [0.05, 0.1) is 6.00 Å². The molecule has 0 fully saturated rings. The smallest absolute Gasteiger partial charge is 0.138 e. The molecule has 0 saturated carbocycles. The molecular weight excluding hydrogens is 66.8 g/mol. The second-order valence-corrected chi connectivity index (χ2v) is 0.627. The summed E-state index contributed by atoms with van der Waals surface area (Å²) in [5.74, 6) is 0. The third kappa shape index (κ3) is 3.69. The van der Waals surface area contributed by atoms with E-state index in [9.17, 15) is 0 Å². The summed E-state index contributed by atoms with van der Waals surface area (Å²) in [7, 11) is 4.48. The summed E-state index contributed by atoms with van der Waals surface area (Å²) in [6.45, 7) is 0. The molecular formula is C2H3BO2. The van der Waals surface area contributed by atoms with Crippen LogP contribution in [-0.4, -0.2) is 25.2 Å². The molecule has 0 aromatic carbocycles. The number of hydrogen-bond acceptors (Lipinski definition) is 2. The lowest BCUT2D eigenvalue weighted by atomic mass is 10.0. The standard InChI is InChI=1S/C2H3BO2/c3-2(5)1-4/h1-2,5H. The van der Waals surface area contributed by atoms with Gasteiger partial charge in [0, 0.05) is 0 Å². The Morgan fingerprint density at radius 1 is 2.00 bits per heavy atom. The largest absolute Gasteiger partial charge is 0.396 e. The third-order valence-electron chi connectivity index (χ3n) is 0.139. The second kappa shape index (κ2) is 1.97. The minimum atomic E-state index is -1.30. The molecule has 0 heterocycles. The van der Waals surface area contributed by atoms with E-state index in [0.717, 1.165) is 0 Å². The Morgan fingerprint density at radius 2 is 2.20 bits per heavy atom. The fourth-order valence-corrected chi connectivity index (χ4v) is 0. The molecule has 2 nitrogen and oxygen atoms in total. The maximum absolute atomic E-state index is 9.13. The van der Waals surface area contributed by atoms with E-state index >= 15 is 0 Å². The first-order valence-corrected chi connectivity index (χ1v) is 1.16. The maximum Gasteiger partial charge on any atom is 0.138 e. The van der Waals surface area contributed by atoms with E-state index in [1.54, 1.807) is 0 Å². The van der Waals surface area contributed by atoms with E-state index in [-0.39, 0.29) is 6.29 Å². The van der Waals surface area contributed by atoms with Crippen LogP contribution in [0.15, 0.2) is 0 Å². The van der Waals surface area contributed by atoms with Crippen LogP contribution in [0.3, 0.4) is 0 Å². The molecule has 0 saturated heterocycles. The van der Waals surface area contributed by atoms with E-state index in [2.05, 4.69) is 7.85 Å². The molecule has 2 radical (unpaired) electrons. The Hall–Kier alpha value is -0.305. The minimum absolute atomic E-state index is 0.250. The zero-order valence-electron chi connectivity index (χ0n) is 2.59. The minimum Gasteiger partial charge on any atom is -0.396 e. The molecule has 0 aromatic rings. The van der Waals surface area contributed by atoms with Crippen LogP contribution in [0.5, 0.6) is 0 Å². The van der Waals surface area contributed by atoms with Gasteiger partial charge in [0.15, 0.2) is 0 Å². The van der Waals surface area contributed by atoms with Crippen molar-refractivity contribution >= 4 is 14.1 Å². The lowest BCUT2D eigenvalue weighted by molar-refractivity contribution is -0.111. The van der Waals surface area contributed by atoms with Crippen LogP contribution >= 0.6 is 0 Å². The maximum atomic E-state index is 9.13. The summed E-state index contributed by atoms with van der Waals surface area (Å²) in [6.07, 6.45) is 0.250. The number of hydrogen-bond donors (Lipinski definition) is 1. The molecule has 5 heavy (non-hydrogen) atoms. The summed E-state index contributed by atoms with van der Waals surface area (Å²) in [5, 5.41) is 7.77. The lowest BCUT2D eigenvalue weighted by Gasteiger charge is -1.79. The van der Waals surface area contributed by atoms with Crippen LogP contribution in [0, 0.1) is 0 Å². The molecule has 1 N–H and O–H groups in total. The third-order valence-corrected chi connectivity index (χ3v) is 0.139. The zero-order chi connectivity index (χ0) is 4.28. The van der Waals surface area contributed by atoms with Gasteiger partial charge >= 0.3 is 0 Å². The number of aldehydes is 1. The van der Waals surface area contributed by atoms with Crippen molar-refractivity contribution in [2.45, 2.75) is 6.00 Å². The van der Waals surface area contributed by atoms with E-state index in [1.165, 1.54) is 0 Å². The van der Waals surface area contributed by atoms with Gasteiger partial charge in [0.1, 0.15) is 14.1 Å². The number of carbonyl (C=O) groups excluding carboxylic acids is 1. The SMILES string of the molecule is [B]C(O)C=O. The van der Waals surface area contributed by atoms with Crippen molar-refractivity contribution < 1.29 is 9.90 Å². The highest BCUT2D eigenvalue weighted by atomic mass is 16.3. The first-order chi connectivity index (χ1) is 2.27. The fraction of sp³-hybridized carbons (Fsp3) is 0.500. The predicted octanol–water partition coefficient (Wildman–Crippen LogP) is -1.33. The monoisotopic (exact) mass is 70.0 g/mol. The second-order valence-electron chi connectivity index (χ2n) is 0.627. The van der Waals surface area contributed by atoms with Crippen molar-refractivity contribution in [3.63, 3.8) is 0 Å². The average molecular weight is 69.9 g/mol. The van der Waals surface area contributed by atoms with Crippen LogP contribution in [0.25, 0.3) is 0 Å². The van der Waals surface area contributed by atoms with Gasteiger partial charge in [-0.15, -0.1) is 0 Å². The predicted molar refractivity (Wildman–Crippen MR) is 17.8 cm³/mol. The van der Waals surface area contributed by atoms with Gasteiger partial charge in [-0.3, -0.25) is 0 Å². The summed E-state index contributed by atoms with van der Waals surface area (Å²) < 4.78 is 0. The Morgan fingerprint density at radius 3 is 2.20 bits per heavy atom.